The highest BCUT2D eigenvalue weighted by molar-refractivity contribution is 6.32. The fourth-order valence-corrected chi connectivity index (χ4v) is 2.17. The zero-order chi connectivity index (χ0) is 16.8. The van der Waals surface area contributed by atoms with Gasteiger partial charge in [0.05, 0.1) is 17.8 Å². The Morgan fingerprint density at radius 3 is 2.65 bits per heavy atom. The first kappa shape index (κ1) is 17.0. The molecule has 0 fully saturated rings. The lowest BCUT2D eigenvalue weighted by atomic mass is 10.2. The molecular weight excluding hydrogens is 326 g/mol. The molecular formula is C16H15ClF2N2O2. The number of carbonyl (C=O) groups excluding carboxylic acids is 1. The molecule has 0 unspecified atom stereocenters. The molecule has 2 rings (SSSR count). The molecule has 0 aromatic heterocycles. The number of hydrogen-bond acceptors (Lipinski definition) is 3. The molecule has 0 radical (unpaired) electrons. The summed E-state index contributed by atoms with van der Waals surface area (Å²) in [6.07, 6.45) is 0.112. The van der Waals surface area contributed by atoms with Gasteiger partial charge in [0.15, 0.2) is 0 Å². The van der Waals surface area contributed by atoms with Crippen LogP contribution in [0.15, 0.2) is 36.4 Å². The van der Waals surface area contributed by atoms with Crippen LogP contribution in [0.4, 0.5) is 20.2 Å². The standard InChI is InChI=1S/C16H15ClF2N2O2/c1-23-15-5-3-11(9-12(15)17)21-16(22)6-7-20-14-4-2-10(18)8-13(14)19/h2-5,8-9,20H,6-7H2,1H3,(H,21,22). The van der Waals surface area contributed by atoms with E-state index in [9.17, 15) is 13.6 Å². The van der Waals surface area contributed by atoms with Crippen LogP contribution in [0.25, 0.3) is 0 Å². The van der Waals surface area contributed by atoms with Gasteiger partial charge in [-0.25, -0.2) is 8.78 Å². The Labute approximate surface area is 137 Å². The maximum Gasteiger partial charge on any atom is 0.226 e. The maximum atomic E-state index is 13.4. The van der Waals surface area contributed by atoms with Crippen molar-refractivity contribution in [1.82, 2.24) is 0 Å². The van der Waals surface area contributed by atoms with Crippen molar-refractivity contribution in [2.24, 2.45) is 0 Å². The fourth-order valence-electron chi connectivity index (χ4n) is 1.91. The zero-order valence-electron chi connectivity index (χ0n) is 12.3. The first-order chi connectivity index (χ1) is 11.0. The van der Waals surface area contributed by atoms with Crippen LogP contribution in [0, 0.1) is 11.6 Å². The van der Waals surface area contributed by atoms with Gasteiger partial charge in [-0.15, -0.1) is 0 Å². The van der Waals surface area contributed by atoms with Gasteiger partial charge >= 0.3 is 0 Å². The minimum absolute atomic E-state index is 0.112. The van der Waals surface area contributed by atoms with E-state index in [0.29, 0.717) is 16.5 Å². The Bertz CT molecular complexity index is 710. The van der Waals surface area contributed by atoms with Crippen molar-refractivity contribution in [3.05, 3.63) is 53.1 Å². The fraction of sp³-hybridized carbons (Fsp3) is 0.188. The molecule has 2 aromatic carbocycles. The van der Waals surface area contributed by atoms with Crippen molar-refractivity contribution in [3.8, 4) is 5.75 Å². The van der Waals surface area contributed by atoms with Crippen LogP contribution in [0.3, 0.4) is 0 Å². The number of ether oxygens (including phenoxy) is 1. The number of halogens is 3. The highest BCUT2D eigenvalue weighted by atomic mass is 35.5. The number of amides is 1. The Kier molecular flexibility index (Phi) is 5.76. The SMILES string of the molecule is COc1ccc(NC(=O)CCNc2ccc(F)cc2F)cc1Cl. The number of anilines is 2. The zero-order valence-corrected chi connectivity index (χ0v) is 13.1. The molecule has 23 heavy (non-hydrogen) atoms. The summed E-state index contributed by atoms with van der Waals surface area (Å²) >= 11 is 5.97. The van der Waals surface area contributed by atoms with Gasteiger partial charge < -0.3 is 15.4 Å². The van der Waals surface area contributed by atoms with Crippen molar-refractivity contribution in [2.45, 2.75) is 6.42 Å². The molecule has 1 amide bonds. The summed E-state index contributed by atoms with van der Waals surface area (Å²) < 4.78 is 31.2. The van der Waals surface area contributed by atoms with Gasteiger partial charge in [0.1, 0.15) is 17.4 Å². The van der Waals surface area contributed by atoms with Crippen LogP contribution in [0.1, 0.15) is 6.42 Å². The van der Waals surface area contributed by atoms with E-state index in [1.165, 1.54) is 13.2 Å². The number of methoxy groups -OCH3 is 1. The van der Waals surface area contributed by atoms with Crippen molar-refractivity contribution in [2.75, 3.05) is 24.3 Å². The molecule has 0 saturated heterocycles. The Morgan fingerprint density at radius 2 is 2.00 bits per heavy atom. The van der Waals surface area contributed by atoms with Crippen LogP contribution in [0.2, 0.25) is 5.02 Å². The van der Waals surface area contributed by atoms with Crippen molar-refractivity contribution in [1.29, 1.82) is 0 Å². The first-order valence-electron chi connectivity index (χ1n) is 6.82. The number of benzene rings is 2. The minimum Gasteiger partial charge on any atom is -0.495 e. The van der Waals surface area contributed by atoms with Gasteiger partial charge in [-0.2, -0.15) is 0 Å². The number of hydrogen-bond donors (Lipinski definition) is 2. The monoisotopic (exact) mass is 340 g/mol. The van der Waals surface area contributed by atoms with Crippen molar-refractivity contribution >= 4 is 28.9 Å². The van der Waals surface area contributed by atoms with Crippen LogP contribution in [-0.2, 0) is 4.79 Å². The maximum absolute atomic E-state index is 13.4. The molecule has 0 atom stereocenters. The molecule has 7 heteroatoms. The lowest BCUT2D eigenvalue weighted by molar-refractivity contribution is -0.115. The second kappa shape index (κ2) is 7.78. The second-order valence-corrected chi connectivity index (χ2v) is 5.11. The van der Waals surface area contributed by atoms with E-state index in [-0.39, 0.29) is 24.6 Å². The van der Waals surface area contributed by atoms with Gasteiger partial charge in [-0.3, -0.25) is 4.79 Å². The molecule has 122 valence electrons. The van der Waals surface area contributed by atoms with Crippen LogP contribution in [-0.4, -0.2) is 19.6 Å². The van der Waals surface area contributed by atoms with Gasteiger partial charge in [-0.1, -0.05) is 11.6 Å². The number of rotatable bonds is 6. The van der Waals surface area contributed by atoms with E-state index in [4.69, 9.17) is 16.3 Å². The minimum atomic E-state index is -0.702. The largest absolute Gasteiger partial charge is 0.495 e. The van der Waals surface area contributed by atoms with Crippen LogP contribution < -0.4 is 15.4 Å². The molecule has 0 heterocycles. The van der Waals surface area contributed by atoms with E-state index in [0.717, 1.165) is 12.1 Å². The number of carbonyl (C=O) groups is 1. The van der Waals surface area contributed by atoms with E-state index < -0.39 is 11.6 Å². The molecule has 0 spiro atoms. The molecule has 0 bridgehead atoms. The predicted molar refractivity (Wildman–Crippen MR) is 86.1 cm³/mol. The summed E-state index contributed by atoms with van der Waals surface area (Å²) in [6.45, 7) is 0.207. The molecule has 0 aliphatic carbocycles. The van der Waals surface area contributed by atoms with E-state index in [2.05, 4.69) is 10.6 Å². The summed E-state index contributed by atoms with van der Waals surface area (Å²) in [5.74, 6) is -1.10. The van der Waals surface area contributed by atoms with Gasteiger partial charge in [0.2, 0.25) is 5.91 Å². The van der Waals surface area contributed by atoms with Crippen molar-refractivity contribution < 1.29 is 18.3 Å². The summed E-state index contributed by atoms with van der Waals surface area (Å²) in [4.78, 5) is 11.8. The quantitative estimate of drug-likeness (QED) is 0.833. The second-order valence-electron chi connectivity index (χ2n) is 4.70. The summed E-state index contributed by atoms with van der Waals surface area (Å²) in [5, 5.41) is 5.80. The topological polar surface area (TPSA) is 50.4 Å². The molecule has 2 aromatic rings. The van der Waals surface area contributed by atoms with Crippen LogP contribution >= 0.6 is 11.6 Å². The van der Waals surface area contributed by atoms with Gasteiger partial charge in [-0.05, 0) is 30.3 Å². The van der Waals surface area contributed by atoms with Crippen LogP contribution in [0.5, 0.6) is 5.75 Å². The summed E-state index contributed by atoms with van der Waals surface area (Å²) in [7, 11) is 1.50. The average Bonchev–Trinajstić information content (AvgIpc) is 2.49. The lowest BCUT2D eigenvalue weighted by Gasteiger charge is -2.09. The van der Waals surface area contributed by atoms with Crippen molar-refractivity contribution in [3.63, 3.8) is 0 Å². The Morgan fingerprint density at radius 1 is 1.22 bits per heavy atom. The molecule has 0 aliphatic heterocycles. The highest BCUT2D eigenvalue weighted by Crippen LogP contribution is 2.27. The Balaban J connectivity index is 1.84. The molecule has 0 saturated carbocycles. The Hall–Kier alpha value is -2.34. The normalized spacial score (nSPS) is 10.3. The molecule has 4 nitrogen and oxygen atoms in total. The number of nitrogens with one attached hydrogen (secondary N) is 2. The summed E-state index contributed by atoms with van der Waals surface area (Å²) in [6, 6.07) is 8.09. The molecule has 2 N–H and O–H groups in total. The highest BCUT2D eigenvalue weighted by Gasteiger charge is 2.07. The third-order valence-electron chi connectivity index (χ3n) is 3.03. The van der Waals surface area contributed by atoms with E-state index >= 15 is 0 Å². The van der Waals surface area contributed by atoms with E-state index in [1.807, 2.05) is 0 Å². The average molecular weight is 341 g/mol. The third kappa shape index (κ3) is 4.82. The lowest BCUT2D eigenvalue weighted by Crippen LogP contribution is -2.16. The summed E-state index contributed by atoms with van der Waals surface area (Å²) in [5.41, 5.74) is 0.681. The van der Waals surface area contributed by atoms with Gasteiger partial charge in [0, 0.05) is 24.7 Å². The first-order valence-corrected chi connectivity index (χ1v) is 7.19. The predicted octanol–water partition coefficient (Wildman–Crippen LogP) is 4.07. The van der Waals surface area contributed by atoms with Gasteiger partial charge in [0.25, 0.3) is 0 Å². The third-order valence-corrected chi connectivity index (χ3v) is 3.33. The molecule has 0 aliphatic rings. The smallest absolute Gasteiger partial charge is 0.226 e. The van der Waals surface area contributed by atoms with E-state index in [1.54, 1.807) is 18.2 Å².